The van der Waals surface area contributed by atoms with Gasteiger partial charge in [-0.1, -0.05) is 27.2 Å². The summed E-state index contributed by atoms with van der Waals surface area (Å²) in [6.07, 6.45) is 9.07. The highest BCUT2D eigenvalue weighted by Crippen LogP contribution is 1.95. The van der Waals surface area contributed by atoms with Crippen molar-refractivity contribution < 1.29 is 4.57 Å². The minimum atomic E-state index is 0.729. The first-order valence-electron chi connectivity index (χ1n) is 5.27. The Balaban J connectivity index is 2.44. The number of hydrogen-bond donors (Lipinski definition) is 0. The summed E-state index contributed by atoms with van der Waals surface area (Å²) in [5.41, 5.74) is 0. The molecule has 0 saturated heterocycles. The van der Waals surface area contributed by atoms with Crippen molar-refractivity contribution in [2.75, 3.05) is 0 Å². The third kappa shape index (κ3) is 3.62. The zero-order valence-electron chi connectivity index (χ0n) is 9.03. The van der Waals surface area contributed by atoms with Gasteiger partial charge >= 0.3 is 0 Å². The summed E-state index contributed by atoms with van der Waals surface area (Å²) in [5, 5.41) is 0. The van der Waals surface area contributed by atoms with E-state index in [-0.39, 0.29) is 0 Å². The highest BCUT2D eigenvalue weighted by Gasteiger charge is 2.04. The number of nitrogens with zero attached hydrogens (tertiary/aromatic N) is 2. The van der Waals surface area contributed by atoms with Gasteiger partial charge in [0.1, 0.15) is 12.4 Å². The number of imidazole rings is 1. The molecule has 0 aromatic carbocycles. The first-order valence-corrected chi connectivity index (χ1v) is 5.27. The molecule has 0 aliphatic heterocycles. The Bertz CT molecular complexity index is 238. The fourth-order valence-corrected chi connectivity index (χ4v) is 1.44. The molecular formula is C11H21N2+. The van der Waals surface area contributed by atoms with Crippen molar-refractivity contribution >= 4 is 0 Å². The monoisotopic (exact) mass is 181 g/mol. The van der Waals surface area contributed by atoms with E-state index in [4.69, 9.17) is 0 Å². The predicted molar refractivity (Wildman–Crippen MR) is 54.4 cm³/mol. The molecule has 0 bridgehead atoms. The maximum absolute atomic E-state index is 2.27. The lowest BCUT2D eigenvalue weighted by atomic mass is 10.2. The average molecular weight is 181 g/mol. The van der Waals surface area contributed by atoms with Gasteiger partial charge in [-0.2, -0.15) is 0 Å². The summed E-state index contributed by atoms with van der Waals surface area (Å²) in [6, 6.07) is 0. The molecule has 74 valence electrons. The van der Waals surface area contributed by atoms with Crippen LogP contribution in [0.2, 0.25) is 0 Å². The van der Waals surface area contributed by atoms with Crippen LogP contribution in [0.25, 0.3) is 0 Å². The van der Waals surface area contributed by atoms with Crippen LogP contribution < -0.4 is 4.57 Å². The topological polar surface area (TPSA) is 8.81 Å². The molecule has 2 heteroatoms. The van der Waals surface area contributed by atoms with Crippen LogP contribution in [0.4, 0.5) is 0 Å². The molecule has 0 unspecified atom stereocenters. The molecule has 0 amide bonds. The lowest BCUT2D eigenvalue weighted by molar-refractivity contribution is -0.701. The Hall–Kier alpha value is -0.790. The van der Waals surface area contributed by atoms with Gasteiger partial charge in [0, 0.05) is 0 Å². The number of aryl methyl sites for hydroxylation is 1. The third-order valence-corrected chi connectivity index (χ3v) is 2.09. The minimum Gasteiger partial charge on any atom is -0.237 e. The Morgan fingerprint density at radius 3 is 2.77 bits per heavy atom. The maximum Gasteiger partial charge on any atom is 0.243 e. The van der Waals surface area contributed by atoms with Crippen LogP contribution in [-0.4, -0.2) is 4.57 Å². The minimum absolute atomic E-state index is 0.729. The molecule has 0 N–H and O–H groups in total. The van der Waals surface area contributed by atoms with Crippen molar-refractivity contribution in [3.05, 3.63) is 18.7 Å². The standard InChI is InChI=1S/C11H21N2/c1-4-5-6-12-7-8-13(10-12)9-11(2)3/h7-8,10-11H,4-6,9H2,1-3H3/q+1. The zero-order chi connectivity index (χ0) is 9.68. The maximum atomic E-state index is 2.27. The lowest BCUT2D eigenvalue weighted by Crippen LogP contribution is -2.33. The van der Waals surface area contributed by atoms with E-state index in [1.165, 1.54) is 12.8 Å². The summed E-state index contributed by atoms with van der Waals surface area (Å²) in [7, 11) is 0. The van der Waals surface area contributed by atoms with Crippen LogP contribution in [0.15, 0.2) is 18.7 Å². The van der Waals surface area contributed by atoms with Crippen LogP contribution in [0.3, 0.4) is 0 Å². The van der Waals surface area contributed by atoms with Gasteiger partial charge in [-0.3, -0.25) is 0 Å². The summed E-state index contributed by atoms with van der Waals surface area (Å²) in [6.45, 7) is 9.00. The fraction of sp³-hybridized carbons (Fsp3) is 0.727. The molecule has 0 spiro atoms. The second-order valence-electron chi connectivity index (χ2n) is 4.10. The van der Waals surface area contributed by atoms with Crippen LogP contribution >= 0.6 is 0 Å². The van der Waals surface area contributed by atoms with E-state index in [0.717, 1.165) is 19.0 Å². The molecular weight excluding hydrogens is 160 g/mol. The van der Waals surface area contributed by atoms with Gasteiger partial charge in [0.25, 0.3) is 0 Å². The highest BCUT2D eigenvalue weighted by atomic mass is 15.1. The zero-order valence-corrected chi connectivity index (χ0v) is 9.03. The number of unbranched alkanes of at least 4 members (excludes halogenated alkanes) is 1. The summed E-state index contributed by atoms with van der Waals surface area (Å²) < 4.78 is 4.53. The molecule has 1 aromatic rings. The van der Waals surface area contributed by atoms with Crippen LogP contribution in [0.5, 0.6) is 0 Å². The van der Waals surface area contributed by atoms with Crippen molar-refractivity contribution in [3.8, 4) is 0 Å². The van der Waals surface area contributed by atoms with Gasteiger partial charge in [-0.15, -0.1) is 0 Å². The Kier molecular flexibility index (Phi) is 4.00. The molecule has 13 heavy (non-hydrogen) atoms. The van der Waals surface area contributed by atoms with Gasteiger partial charge in [-0.25, -0.2) is 9.13 Å². The van der Waals surface area contributed by atoms with Gasteiger partial charge in [0.05, 0.1) is 13.1 Å². The quantitative estimate of drug-likeness (QED) is 0.616. The van der Waals surface area contributed by atoms with E-state index in [9.17, 15) is 0 Å². The second-order valence-corrected chi connectivity index (χ2v) is 4.10. The van der Waals surface area contributed by atoms with Crippen LogP contribution in [0, 0.1) is 5.92 Å². The smallest absolute Gasteiger partial charge is 0.237 e. The van der Waals surface area contributed by atoms with Crippen molar-refractivity contribution in [1.82, 2.24) is 4.57 Å². The first kappa shape index (κ1) is 10.3. The fourth-order valence-electron chi connectivity index (χ4n) is 1.44. The van der Waals surface area contributed by atoms with Crippen molar-refractivity contribution in [2.24, 2.45) is 5.92 Å². The van der Waals surface area contributed by atoms with E-state index in [1.807, 2.05) is 0 Å². The second kappa shape index (κ2) is 5.05. The number of aromatic nitrogens is 2. The van der Waals surface area contributed by atoms with E-state index >= 15 is 0 Å². The molecule has 0 radical (unpaired) electrons. The normalized spacial score (nSPS) is 11.1. The third-order valence-electron chi connectivity index (χ3n) is 2.09. The first-order chi connectivity index (χ1) is 6.22. The van der Waals surface area contributed by atoms with Gasteiger partial charge in [0.15, 0.2) is 0 Å². The van der Waals surface area contributed by atoms with E-state index in [1.54, 1.807) is 0 Å². The van der Waals surface area contributed by atoms with E-state index in [0.29, 0.717) is 0 Å². The highest BCUT2D eigenvalue weighted by molar-refractivity contribution is 4.65. The molecule has 2 nitrogen and oxygen atoms in total. The molecule has 0 aliphatic carbocycles. The lowest BCUT2D eigenvalue weighted by Gasteiger charge is -1.98. The number of hydrogen-bond acceptors (Lipinski definition) is 0. The molecule has 0 saturated carbocycles. The largest absolute Gasteiger partial charge is 0.243 e. The summed E-state index contributed by atoms with van der Waals surface area (Å²) >= 11 is 0. The van der Waals surface area contributed by atoms with E-state index in [2.05, 4.69) is 48.6 Å². The molecule has 0 aliphatic rings. The Morgan fingerprint density at radius 1 is 1.38 bits per heavy atom. The predicted octanol–water partition coefficient (Wildman–Crippen LogP) is 2.23. The van der Waals surface area contributed by atoms with Crippen LogP contribution in [-0.2, 0) is 13.1 Å². The van der Waals surface area contributed by atoms with Crippen molar-refractivity contribution in [1.29, 1.82) is 0 Å². The van der Waals surface area contributed by atoms with E-state index < -0.39 is 0 Å². The van der Waals surface area contributed by atoms with Gasteiger partial charge in [-0.05, 0) is 12.3 Å². The average Bonchev–Trinajstić information content (AvgIpc) is 2.48. The van der Waals surface area contributed by atoms with Crippen molar-refractivity contribution in [3.63, 3.8) is 0 Å². The van der Waals surface area contributed by atoms with Gasteiger partial charge < -0.3 is 0 Å². The Morgan fingerprint density at radius 2 is 2.15 bits per heavy atom. The molecule has 1 rings (SSSR count). The summed E-state index contributed by atoms with van der Waals surface area (Å²) in [5.74, 6) is 0.729. The molecule has 0 atom stereocenters. The molecule has 0 fully saturated rings. The van der Waals surface area contributed by atoms with Crippen LogP contribution in [0.1, 0.15) is 33.6 Å². The summed E-state index contributed by atoms with van der Waals surface area (Å²) in [4.78, 5) is 0. The van der Waals surface area contributed by atoms with Crippen molar-refractivity contribution in [2.45, 2.75) is 46.7 Å². The Labute approximate surface area is 81.2 Å². The SMILES string of the molecule is CCCCn1cc[n+](CC(C)C)c1. The molecule has 1 heterocycles. The number of rotatable bonds is 5. The van der Waals surface area contributed by atoms with Gasteiger partial charge in [0.2, 0.25) is 6.33 Å². The molecule has 1 aromatic heterocycles.